The second kappa shape index (κ2) is 7.77. The highest BCUT2D eigenvalue weighted by atomic mass is 19.1. The highest BCUT2D eigenvalue weighted by molar-refractivity contribution is 5.90. The Morgan fingerprint density at radius 1 is 1.26 bits per heavy atom. The van der Waals surface area contributed by atoms with Gasteiger partial charge in [0.05, 0.1) is 31.0 Å². The maximum atomic E-state index is 14.6. The van der Waals surface area contributed by atoms with Crippen molar-refractivity contribution in [3.05, 3.63) is 29.3 Å². The highest BCUT2D eigenvalue weighted by Crippen LogP contribution is 2.37. The van der Waals surface area contributed by atoms with Crippen molar-refractivity contribution in [1.29, 1.82) is 0 Å². The van der Waals surface area contributed by atoms with Crippen LogP contribution in [-0.4, -0.2) is 53.6 Å². The first-order chi connectivity index (χ1) is 12.8. The second-order valence-electron chi connectivity index (χ2n) is 7.02. The van der Waals surface area contributed by atoms with Gasteiger partial charge < -0.3 is 20.3 Å². The molecule has 2 fully saturated rings. The summed E-state index contributed by atoms with van der Waals surface area (Å²) in [5.41, 5.74) is -0.118. The number of nitrogens with one attached hydrogen (secondary N) is 1. The Kier molecular flexibility index (Phi) is 5.61. The average molecular weight is 384 g/mol. The molecule has 4 atom stereocenters. The van der Waals surface area contributed by atoms with Crippen molar-refractivity contribution in [2.75, 3.05) is 18.0 Å². The van der Waals surface area contributed by atoms with Crippen LogP contribution < -0.4 is 10.2 Å². The summed E-state index contributed by atoms with van der Waals surface area (Å²) < 4.78 is 34.3. The summed E-state index contributed by atoms with van der Waals surface area (Å²) in [6, 6.07) is 1.98. The van der Waals surface area contributed by atoms with Crippen molar-refractivity contribution in [2.45, 2.75) is 50.4 Å². The number of nitrogens with zero attached hydrogens (tertiary/aromatic N) is 1. The van der Waals surface area contributed by atoms with Crippen LogP contribution in [0.3, 0.4) is 0 Å². The molecular weight excluding hydrogens is 362 g/mol. The zero-order valence-corrected chi connectivity index (χ0v) is 14.8. The summed E-state index contributed by atoms with van der Waals surface area (Å²) in [5, 5.41) is 21.9. The highest BCUT2D eigenvalue weighted by Gasteiger charge is 2.36. The number of anilines is 1. The average Bonchev–Trinajstić information content (AvgIpc) is 2.98. The number of aliphatic hydroxyl groups is 2. The van der Waals surface area contributed by atoms with E-state index in [-0.39, 0.29) is 36.7 Å². The third-order valence-electron chi connectivity index (χ3n) is 5.03. The fraction of sp³-hybridized carbons (Fsp3) is 0.556. The number of halogens is 2. The minimum Gasteiger partial charge on any atom is -0.442 e. The zero-order valence-electron chi connectivity index (χ0n) is 14.8. The number of hydrogen-bond acceptors (Lipinski definition) is 5. The van der Waals surface area contributed by atoms with Crippen LogP contribution >= 0.6 is 0 Å². The quantitative estimate of drug-likeness (QED) is 0.729. The smallest absolute Gasteiger partial charge is 0.414 e. The van der Waals surface area contributed by atoms with Gasteiger partial charge in [0.25, 0.3) is 0 Å². The summed E-state index contributed by atoms with van der Waals surface area (Å²) in [6.07, 6.45) is -2.42. The monoisotopic (exact) mass is 384 g/mol. The van der Waals surface area contributed by atoms with Crippen molar-refractivity contribution < 1.29 is 33.3 Å². The molecule has 0 bridgehead atoms. The molecule has 9 heteroatoms. The molecule has 3 N–H and O–H groups in total. The summed E-state index contributed by atoms with van der Waals surface area (Å²) in [5.74, 6) is -2.15. The number of benzene rings is 1. The standard InChI is InChI=1S/C18H22F2N2O5/c1-9(23)21-7-11-8-22(18(26)27-11)15-6-13(19)12(5-14(15)20)10-2-3-16(24)17(25)4-10/h5-6,10-11,16-17,24-25H,2-4,7-8H2,1H3,(H,21,23)/t10-,11-,16+,17-/m0/s1. The van der Waals surface area contributed by atoms with Crippen LogP contribution in [0.5, 0.6) is 0 Å². The molecule has 3 rings (SSSR count). The predicted octanol–water partition coefficient (Wildman–Crippen LogP) is 1.42. The van der Waals surface area contributed by atoms with Gasteiger partial charge in [0.2, 0.25) is 5.91 Å². The lowest BCUT2D eigenvalue weighted by molar-refractivity contribution is -0.119. The van der Waals surface area contributed by atoms with Crippen LogP contribution in [0.15, 0.2) is 12.1 Å². The third kappa shape index (κ3) is 4.19. The molecule has 1 aromatic rings. The van der Waals surface area contributed by atoms with E-state index in [0.29, 0.717) is 12.8 Å². The molecule has 1 aromatic carbocycles. The van der Waals surface area contributed by atoms with Crippen molar-refractivity contribution in [1.82, 2.24) is 5.32 Å². The second-order valence-corrected chi connectivity index (χ2v) is 7.02. The zero-order chi connectivity index (χ0) is 19.7. The largest absolute Gasteiger partial charge is 0.442 e. The lowest BCUT2D eigenvalue weighted by Gasteiger charge is -2.30. The minimum absolute atomic E-state index is 0.0108. The third-order valence-corrected chi connectivity index (χ3v) is 5.03. The molecule has 2 aliphatic rings. The number of carbonyl (C=O) groups excluding carboxylic acids is 2. The molecule has 1 saturated carbocycles. The summed E-state index contributed by atoms with van der Waals surface area (Å²) in [4.78, 5) is 23.9. The molecule has 0 spiro atoms. The van der Waals surface area contributed by atoms with E-state index in [1.54, 1.807) is 0 Å². The van der Waals surface area contributed by atoms with Gasteiger partial charge >= 0.3 is 6.09 Å². The SMILES string of the molecule is CC(=O)NC[C@H]1CN(c2cc(F)c([C@H]3CC[C@@H](O)[C@@H](O)C3)cc2F)C(=O)O1. The Morgan fingerprint density at radius 3 is 2.67 bits per heavy atom. The van der Waals surface area contributed by atoms with E-state index in [2.05, 4.69) is 5.32 Å². The van der Waals surface area contributed by atoms with E-state index in [9.17, 15) is 28.6 Å². The van der Waals surface area contributed by atoms with Crippen molar-refractivity contribution in [2.24, 2.45) is 0 Å². The molecule has 0 unspecified atom stereocenters. The van der Waals surface area contributed by atoms with Gasteiger partial charge in [0, 0.05) is 13.0 Å². The molecule has 1 heterocycles. The van der Waals surface area contributed by atoms with Gasteiger partial charge in [-0.15, -0.1) is 0 Å². The van der Waals surface area contributed by atoms with Crippen LogP contribution in [0.1, 0.15) is 37.7 Å². The molecule has 1 aliphatic heterocycles. The first-order valence-corrected chi connectivity index (χ1v) is 8.84. The van der Waals surface area contributed by atoms with Crippen LogP contribution in [0.4, 0.5) is 19.3 Å². The Bertz CT molecular complexity index is 745. The van der Waals surface area contributed by atoms with E-state index in [0.717, 1.165) is 17.0 Å². The maximum absolute atomic E-state index is 14.6. The molecule has 0 radical (unpaired) electrons. The van der Waals surface area contributed by atoms with Gasteiger partial charge in [-0.1, -0.05) is 0 Å². The molecule has 0 aromatic heterocycles. The molecule has 7 nitrogen and oxygen atoms in total. The Hall–Kier alpha value is -2.26. The number of hydrogen-bond donors (Lipinski definition) is 3. The topological polar surface area (TPSA) is 99.1 Å². The lowest BCUT2D eigenvalue weighted by atomic mass is 9.81. The number of rotatable bonds is 4. The van der Waals surface area contributed by atoms with Gasteiger partial charge in [-0.2, -0.15) is 0 Å². The van der Waals surface area contributed by atoms with Crippen molar-refractivity contribution in [3.63, 3.8) is 0 Å². The van der Waals surface area contributed by atoms with E-state index < -0.39 is 42.0 Å². The molecule has 2 amide bonds. The fourth-order valence-corrected chi connectivity index (χ4v) is 3.57. The summed E-state index contributed by atoms with van der Waals surface area (Å²) >= 11 is 0. The van der Waals surface area contributed by atoms with Gasteiger partial charge in [0.1, 0.15) is 17.7 Å². The molecule has 148 valence electrons. The number of ether oxygens (including phenoxy) is 1. The Morgan fingerprint density at radius 2 is 2.00 bits per heavy atom. The Balaban J connectivity index is 1.77. The van der Waals surface area contributed by atoms with Crippen molar-refractivity contribution in [3.8, 4) is 0 Å². The fourth-order valence-electron chi connectivity index (χ4n) is 3.57. The van der Waals surface area contributed by atoms with Gasteiger partial charge in [-0.25, -0.2) is 13.6 Å². The first-order valence-electron chi connectivity index (χ1n) is 8.84. The molecule has 1 saturated heterocycles. The normalized spacial score (nSPS) is 28.2. The number of amides is 2. The number of aliphatic hydroxyl groups excluding tert-OH is 2. The molecular formula is C18H22F2N2O5. The van der Waals surface area contributed by atoms with E-state index >= 15 is 0 Å². The predicted molar refractivity (Wildman–Crippen MR) is 91.3 cm³/mol. The van der Waals surface area contributed by atoms with E-state index in [1.807, 2.05) is 0 Å². The molecule has 1 aliphatic carbocycles. The Labute approximate surface area is 154 Å². The van der Waals surface area contributed by atoms with Gasteiger partial charge in [-0.05, 0) is 36.8 Å². The van der Waals surface area contributed by atoms with Crippen LogP contribution in [0, 0.1) is 11.6 Å². The van der Waals surface area contributed by atoms with Gasteiger partial charge in [0.15, 0.2) is 0 Å². The summed E-state index contributed by atoms with van der Waals surface area (Å²) in [7, 11) is 0. The maximum Gasteiger partial charge on any atom is 0.414 e. The van der Waals surface area contributed by atoms with Crippen molar-refractivity contribution >= 4 is 17.7 Å². The van der Waals surface area contributed by atoms with Crippen LogP contribution in [-0.2, 0) is 9.53 Å². The minimum atomic E-state index is -0.978. The van der Waals surface area contributed by atoms with Gasteiger partial charge in [-0.3, -0.25) is 9.69 Å². The van der Waals surface area contributed by atoms with E-state index in [1.165, 1.54) is 6.92 Å². The molecule has 27 heavy (non-hydrogen) atoms. The first kappa shape index (κ1) is 19.5. The van der Waals surface area contributed by atoms with E-state index in [4.69, 9.17) is 4.74 Å². The summed E-state index contributed by atoms with van der Waals surface area (Å²) in [6.45, 7) is 1.40. The number of cyclic esters (lactones) is 1. The lowest BCUT2D eigenvalue weighted by Crippen LogP contribution is -2.34. The number of carbonyl (C=O) groups is 2. The van der Waals surface area contributed by atoms with Crippen LogP contribution in [0.2, 0.25) is 0 Å². The van der Waals surface area contributed by atoms with Crippen LogP contribution in [0.25, 0.3) is 0 Å².